The zero-order chi connectivity index (χ0) is 23.8. The van der Waals surface area contributed by atoms with Crippen molar-refractivity contribution >= 4 is 28.3 Å². The second-order valence-electron chi connectivity index (χ2n) is 7.72. The predicted octanol–water partition coefficient (Wildman–Crippen LogP) is 1.88. The van der Waals surface area contributed by atoms with E-state index in [0.717, 1.165) is 34.0 Å². The first-order valence-corrected chi connectivity index (χ1v) is 11.7. The molecule has 0 spiro atoms. The number of ether oxygens (including phenoxy) is 2. The molecule has 0 aliphatic heterocycles. The number of nitrogens with zero attached hydrogens (tertiary/aromatic N) is 2. The average molecular weight is 499 g/mol. The van der Waals surface area contributed by atoms with Gasteiger partial charge < -0.3 is 19.4 Å². The number of benzene rings is 3. The fraction of sp³-hybridized carbons (Fsp3) is 0.222. The molecular weight excluding hydrogens is 475 g/mol. The largest absolute Gasteiger partial charge is 1.00 e. The van der Waals surface area contributed by atoms with Gasteiger partial charge in [0.1, 0.15) is 5.75 Å². The van der Waals surface area contributed by atoms with E-state index in [-0.39, 0.29) is 36.0 Å². The molecule has 0 aliphatic carbocycles. The SMILES string of the molecule is O=C([O-])CCCOc1ccc2cc(-c3nc(OCCCCl)cc(-c4ccccc4)n3)ccc2c1.[Na+]. The Morgan fingerprint density at radius 3 is 2.34 bits per heavy atom. The summed E-state index contributed by atoms with van der Waals surface area (Å²) in [6.07, 6.45) is 1.12. The van der Waals surface area contributed by atoms with E-state index in [0.29, 0.717) is 43.0 Å². The minimum atomic E-state index is -1.07. The number of aromatic nitrogens is 2. The monoisotopic (exact) mass is 498 g/mol. The second-order valence-corrected chi connectivity index (χ2v) is 8.10. The number of aliphatic carboxylic acids is 1. The molecular formula is C27H24ClN2NaO4. The van der Waals surface area contributed by atoms with Crippen LogP contribution in [0.2, 0.25) is 0 Å². The third-order valence-corrected chi connectivity index (χ3v) is 5.43. The van der Waals surface area contributed by atoms with E-state index in [1.54, 1.807) is 0 Å². The molecule has 4 rings (SSSR count). The van der Waals surface area contributed by atoms with E-state index in [9.17, 15) is 9.90 Å². The van der Waals surface area contributed by atoms with Gasteiger partial charge in [-0.15, -0.1) is 11.6 Å². The van der Waals surface area contributed by atoms with Crippen LogP contribution >= 0.6 is 11.6 Å². The van der Waals surface area contributed by atoms with Crippen LogP contribution in [0.4, 0.5) is 0 Å². The summed E-state index contributed by atoms with van der Waals surface area (Å²) in [7, 11) is 0. The van der Waals surface area contributed by atoms with Crippen molar-refractivity contribution in [2.75, 3.05) is 19.1 Å². The normalized spacial score (nSPS) is 10.5. The second kappa shape index (κ2) is 13.4. The molecule has 0 amide bonds. The summed E-state index contributed by atoms with van der Waals surface area (Å²) in [6.45, 7) is 0.807. The standard InChI is InChI=1S/C27H25ClN2O4.Na/c28-13-5-15-34-25-18-24(19-6-2-1-3-7-19)29-27(30-25)22-10-9-21-17-23(12-11-20(21)16-22)33-14-4-8-26(31)32;/h1-3,6-7,9-12,16-18H,4-5,8,13-15H2,(H,31,32);/q;+1/p-1. The number of fused-ring (bicyclic) bond motifs is 1. The number of halogens is 1. The molecule has 0 unspecified atom stereocenters. The van der Waals surface area contributed by atoms with Gasteiger partial charge in [0.15, 0.2) is 5.82 Å². The van der Waals surface area contributed by atoms with Crippen molar-refractivity contribution in [3.8, 4) is 34.3 Å². The van der Waals surface area contributed by atoms with E-state index in [1.165, 1.54) is 0 Å². The summed E-state index contributed by atoms with van der Waals surface area (Å²) < 4.78 is 11.5. The molecule has 1 aromatic heterocycles. The summed E-state index contributed by atoms with van der Waals surface area (Å²) >= 11 is 5.79. The molecule has 0 N–H and O–H groups in total. The Labute approximate surface area is 231 Å². The van der Waals surface area contributed by atoms with E-state index < -0.39 is 5.97 Å². The molecule has 4 aromatic rings. The Morgan fingerprint density at radius 2 is 1.57 bits per heavy atom. The smallest absolute Gasteiger partial charge is 0.550 e. The molecule has 0 saturated carbocycles. The number of carboxylic acid groups (broad SMARTS) is 1. The van der Waals surface area contributed by atoms with Crippen molar-refractivity contribution in [3.05, 3.63) is 72.8 Å². The van der Waals surface area contributed by atoms with Gasteiger partial charge in [0.05, 0.1) is 18.9 Å². The number of rotatable bonds is 11. The summed E-state index contributed by atoms with van der Waals surface area (Å²) in [4.78, 5) is 20.0. The zero-order valence-electron chi connectivity index (χ0n) is 19.6. The maximum atomic E-state index is 10.5. The Kier molecular flexibility index (Phi) is 10.4. The van der Waals surface area contributed by atoms with Gasteiger partial charge in [-0.2, -0.15) is 4.98 Å². The number of carbonyl (C=O) groups is 1. The van der Waals surface area contributed by atoms with E-state index in [1.807, 2.05) is 72.8 Å². The molecule has 0 saturated heterocycles. The number of hydrogen-bond acceptors (Lipinski definition) is 6. The Hall–Kier alpha value is -2.64. The van der Waals surface area contributed by atoms with Gasteiger partial charge in [-0.3, -0.25) is 0 Å². The van der Waals surface area contributed by atoms with Crippen molar-refractivity contribution in [1.82, 2.24) is 9.97 Å². The first kappa shape index (κ1) is 27.0. The minimum Gasteiger partial charge on any atom is -0.550 e. The van der Waals surface area contributed by atoms with Crippen LogP contribution in [0.25, 0.3) is 33.4 Å². The third kappa shape index (κ3) is 7.67. The van der Waals surface area contributed by atoms with Crippen LogP contribution in [0.1, 0.15) is 19.3 Å². The Balaban J connectivity index is 0.00000342. The fourth-order valence-corrected chi connectivity index (χ4v) is 3.58. The molecule has 8 heteroatoms. The Morgan fingerprint density at radius 1 is 0.829 bits per heavy atom. The summed E-state index contributed by atoms with van der Waals surface area (Å²) in [5.41, 5.74) is 2.64. The van der Waals surface area contributed by atoms with Crippen LogP contribution < -0.4 is 44.1 Å². The van der Waals surface area contributed by atoms with Crippen molar-refractivity contribution in [2.24, 2.45) is 0 Å². The summed E-state index contributed by atoms with van der Waals surface area (Å²) in [6, 6.07) is 23.5. The van der Waals surface area contributed by atoms with Crippen molar-refractivity contribution in [3.63, 3.8) is 0 Å². The predicted molar refractivity (Wildman–Crippen MR) is 131 cm³/mol. The van der Waals surface area contributed by atoms with E-state index >= 15 is 0 Å². The van der Waals surface area contributed by atoms with Crippen LogP contribution in [0, 0.1) is 0 Å². The maximum Gasteiger partial charge on any atom is 1.00 e. The van der Waals surface area contributed by atoms with Crippen molar-refractivity contribution in [1.29, 1.82) is 0 Å². The number of carboxylic acids is 1. The number of hydrogen-bond donors (Lipinski definition) is 0. The molecule has 0 aliphatic rings. The minimum absolute atomic E-state index is 0. The molecule has 1 heterocycles. The van der Waals surface area contributed by atoms with Gasteiger partial charge in [0.2, 0.25) is 5.88 Å². The average Bonchev–Trinajstić information content (AvgIpc) is 2.86. The topological polar surface area (TPSA) is 84.4 Å². The zero-order valence-corrected chi connectivity index (χ0v) is 22.3. The molecule has 3 aromatic carbocycles. The van der Waals surface area contributed by atoms with Gasteiger partial charge in [-0.1, -0.05) is 48.5 Å². The molecule has 174 valence electrons. The summed E-state index contributed by atoms with van der Waals surface area (Å²) in [5, 5.41) is 12.5. The van der Waals surface area contributed by atoms with Gasteiger partial charge in [0.25, 0.3) is 0 Å². The first-order chi connectivity index (χ1) is 16.6. The van der Waals surface area contributed by atoms with Gasteiger partial charge in [-0.05, 0) is 48.2 Å². The van der Waals surface area contributed by atoms with Crippen LogP contribution in [0.3, 0.4) is 0 Å². The van der Waals surface area contributed by atoms with Crippen molar-refractivity contribution < 1.29 is 48.9 Å². The van der Waals surface area contributed by atoms with Gasteiger partial charge >= 0.3 is 29.6 Å². The third-order valence-electron chi connectivity index (χ3n) is 5.16. The molecule has 0 fully saturated rings. The molecule has 6 nitrogen and oxygen atoms in total. The van der Waals surface area contributed by atoms with Crippen LogP contribution in [-0.2, 0) is 4.79 Å². The Bertz CT molecular complexity index is 1270. The number of alkyl halides is 1. The van der Waals surface area contributed by atoms with Gasteiger partial charge in [-0.25, -0.2) is 4.98 Å². The summed E-state index contributed by atoms with van der Waals surface area (Å²) in [5.74, 6) is 1.23. The van der Waals surface area contributed by atoms with E-state index in [4.69, 9.17) is 26.1 Å². The fourth-order valence-electron chi connectivity index (χ4n) is 3.48. The van der Waals surface area contributed by atoms with Crippen LogP contribution in [-0.4, -0.2) is 35.0 Å². The number of carbonyl (C=O) groups excluding carboxylic acids is 1. The molecule has 0 bridgehead atoms. The molecule has 35 heavy (non-hydrogen) atoms. The van der Waals surface area contributed by atoms with Crippen LogP contribution in [0.5, 0.6) is 11.6 Å². The molecule has 0 atom stereocenters. The van der Waals surface area contributed by atoms with Crippen molar-refractivity contribution in [2.45, 2.75) is 19.3 Å². The maximum absolute atomic E-state index is 10.5. The quantitative estimate of drug-likeness (QED) is 0.178. The first-order valence-electron chi connectivity index (χ1n) is 11.1. The van der Waals surface area contributed by atoms with Gasteiger partial charge in [0, 0.05) is 29.0 Å². The molecule has 0 radical (unpaired) electrons. The van der Waals surface area contributed by atoms with Crippen LogP contribution in [0.15, 0.2) is 72.8 Å². The van der Waals surface area contributed by atoms with E-state index in [2.05, 4.69) is 4.98 Å².